The standard InChI is InChI=1S/C30H41NO6/c1-6-8-9-10-20(7-2)37-27(33)12-11-19-15-26(36-5)29(34)28-21(19)16-23-22-17-25(35-4)24(32)18-30(22,28)13-14-31(23)3/h11-12,15,17,20,22-23,34H,6-10,13-14,16,18H2,1-5H3/b12-11+/t20?,22?,23-,30+/m0/s1. The zero-order chi connectivity index (χ0) is 26.7. The number of carbonyl (C=O) groups excluding carboxylic acids is 2. The van der Waals surface area contributed by atoms with E-state index in [-0.39, 0.29) is 42.0 Å². The van der Waals surface area contributed by atoms with Gasteiger partial charge >= 0.3 is 5.97 Å². The van der Waals surface area contributed by atoms with Gasteiger partial charge in [-0.05, 0) is 75.0 Å². The average Bonchev–Trinajstić information content (AvgIpc) is 2.89. The van der Waals surface area contributed by atoms with Gasteiger partial charge in [0.2, 0.25) is 0 Å². The number of rotatable bonds is 10. The largest absolute Gasteiger partial charge is 0.504 e. The molecule has 4 rings (SSSR count). The number of hydrogen-bond acceptors (Lipinski definition) is 7. The Morgan fingerprint density at radius 3 is 2.73 bits per heavy atom. The maximum Gasteiger partial charge on any atom is 0.331 e. The van der Waals surface area contributed by atoms with Gasteiger partial charge in [-0.3, -0.25) is 4.79 Å². The number of piperidine rings is 1. The van der Waals surface area contributed by atoms with Gasteiger partial charge in [0.1, 0.15) is 6.10 Å². The smallest absolute Gasteiger partial charge is 0.331 e. The number of aromatic hydroxyl groups is 1. The number of allylic oxidation sites excluding steroid dienone is 1. The SMILES string of the molecule is CCCCCC(CC)OC(=O)/C=C/c1cc(OC)c(O)c2c1C[C@H]1C3C=C(OC)C(=O)C[C@@]23CCN1C. The molecular formula is C30H41NO6. The van der Waals surface area contributed by atoms with Crippen molar-refractivity contribution in [3.8, 4) is 11.5 Å². The van der Waals surface area contributed by atoms with E-state index in [0.717, 1.165) is 61.8 Å². The Labute approximate surface area is 220 Å². The van der Waals surface area contributed by atoms with Crippen LogP contribution < -0.4 is 4.74 Å². The summed E-state index contributed by atoms with van der Waals surface area (Å²) in [4.78, 5) is 28.1. The molecule has 2 aliphatic carbocycles. The number of phenols is 1. The Hall–Kier alpha value is -2.80. The molecule has 2 bridgehead atoms. The van der Waals surface area contributed by atoms with E-state index in [4.69, 9.17) is 14.2 Å². The molecule has 3 aliphatic rings. The van der Waals surface area contributed by atoms with E-state index in [1.54, 1.807) is 12.1 Å². The Bertz CT molecular complexity index is 1090. The van der Waals surface area contributed by atoms with Gasteiger partial charge in [-0.1, -0.05) is 26.7 Å². The number of Topliss-reactive ketones (excluding diaryl/α,β-unsaturated/α-hetero) is 1. The number of ketones is 1. The summed E-state index contributed by atoms with van der Waals surface area (Å²) in [5.74, 6) is 0.450. The monoisotopic (exact) mass is 511 g/mol. The van der Waals surface area contributed by atoms with Crippen LogP contribution in [0.25, 0.3) is 6.08 Å². The van der Waals surface area contributed by atoms with E-state index in [0.29, 0.717) is 17.9 Å². The highest BCUT2D eigenvalue weighted by molar-refractivity contribution is 5.96. The summed E-state index contributed by atoms with van der Waals surface area (Å²) in [5, 5.41) is 11.4. The summed E-state index contributed by atoms with van der Waals surface area (Å²) in [6.45, 7) is 5.02. The molecule has 0 aromatic heterocycles. The zero-order valence-electron chi connectivity index (χ0n) is 22.8. The number of fused-ring (bicyclic) bond motifs is 1. The molecule has 0 amide bonds. The van der Waals surface area contributed by atoms with Crippen molar-refractivity contribution in [2.45, 2.75) is 82.8 Å². The van der Waals surface area contributed by atoms with Crippen LogP contribution >= 0.6 is 0 Å². The molecule has 0 saturated carbocycles. The molecule has 1 aromatic carbocycles. The maximum atomic E-state index is 13.1. The van der Waals surface area contributed by atoms with E-state index in [1.807, 2.05) is 13.0 Å². The number of hydrogen-bond donors (Lipinski definition) is 1. The van der Waals surface area contributed by atoms with Crippen LogP contribution in [0.5, 0.6) is 11.5 Å². The fraction of sp³-hybridized carbons (Fsp3) is 0.600. The fourth-order valence-electron chi connectivity index (χ4n) is 6.61. The minimum Gasteiger partial charge on any atom is -0.504 e. The second-order valence-electron chi connectivity index (χ2n) is 10.7. The zero-order valence-corrected chi connectivity index (χ0v) is 22.8. The molecule has 0 radical (unpaired) electrons. The lowest BCUT2D eigenvalue weighted by Crippen LogP contribution is -2.60. The van der Waals surface area contributed by atoms with E-state index in [2.05, 4.69) is 18.9 Å². The number of esters is 1. The van der Waals surface area contributed by atoms with Gasteiger partial charge in [0, 0.05) is 35.4 Å². The highest BCUT2D eigenvalue weighted by atomic mass is 16.5. The molecule has 7 nitrogen and oxygen atoms in total. The minimum absolute atomic E-state index is 0.0274. The Balaban J connectivity index is 1.73. The van der Waals surface area contributed by atoms with E-state index < -0.39 is 5.41 Å². The Morgan fingerprint density at radius 1 is 1.27 bits per heavy atom. The summed E-state index contributed by atoms with van der Waals surface area (Å²) in [5.41, 5.74) is 2.01. The van der Waals surface area contributed by atoms with Crippen molar-refractivity contribution in [3.63, 3.8) is 0 Å². The first-order chi connectivity index (χ1) is 17.8. The number of methoxy groups -OCH3 is 2. The van der Waals surface area contributed by atoms with Crippen molar-refractivity contribution in [3.05, 3.63) is 40.7 Å². The highest BCUT2D eigenvalue weighted by Crippen LogP contribution is 2.58. The normalized spacial score (nSPS) is 25.8. The van der Waals surface area contributed by atoms with Gasteiger partial charge in [0.15, 0.2) is 23.0 Å². The number of benzene rings is 1. The third-order valence-electron chi connectivity index (χ3n) is 8.64. The molecule has 202 valence electrons. The number of likely N-dealkylation sites (tertiary alicyclic amines) is 1. The number of likely N-dealkylation sites (N-methyl/N-ethyl adjacent to an activating group) is 1. The summed E-state index contributed by atoms with van der Waals surface area (Å²) in [6.07, 6.45) is 11.8. The second-order valence-corrected chi connectivity index (χ2v) is 10.7. The second kappa shape index (κ2) is 11.3. The molecule has 2 unspecified atom stereocenters. The molecular weight excluding hydrogens is 470 g/mol. The lowest BCUT2D eigenvalue weighted by molar-refractivity contribution is -0.143. The van der Waals surface area contributed by atoms with Gasteiger partial charge in [0.25, 0.3) is 0 Å². The minimum atomic E-state index is -0.543. The van der Waals surface area contributed by atoms with Gasteiger partial charge in [-0.2, -0.15) is 0 Å². The average molecular weight is 512 g/mol. The molecule has 1 heterocycles. The molecule has 0 spiro atoms. The molecule has 1 saturated heterocycles. The lowest BCUT2D eigenvalue weighted by atomic mass is 9.53. The van der Waals surface area contributed by atoms with E-state index >= 15 is 0 Å². The summed E-state index contributed by atoms with van der Waals surface area (Å²) < 4.78 is 16.7. The van der Waals surface area contributed by atoms with Crippen molar-refractivity contribution >= 4 is 17.8 Å². The number of carbonyl (C=O) groups is 2. The van der Waals surface area contributed by atoms with Gasteiger partial charge in [0.05, 0.1) is 14.2 Å². The summed E-state index contributed by atoms with van der Waals surface area (Å²) >= 11 is 0. The summed E-state index contributed by atoms with van der Waals surface area (Å²) in [7, 11) is 5.17. The van der Waals surface area contributed by atoms with Crippen molar-refractivity contribution < 1.29 is 28.9 Å². The molecule has 1 fully saturated rings. The van der Waals surface area contributed by atoms with Crippen LogP contribution in [0.3, 0.4) is 0 Å². The quantitative estimate of drug-likeness (QED) is 0.271. The molecule has 1 aromatic rings. The van der Waals surface area contributed by atoms with Crippen molar-refractivity contribution in [1.82, 2.24) is 4.90 Å². The van der Waals surface area contributed by atoms with Crippen LogP contribution in [0.2, 0.25) is 0 Å². The van der Waals surface area contributed by atoms with Crippen LogP contribution in [0.4, 0.5) is 0 Å². The van der Waals surface area contributed by atoms with Crippen LogP contribution in [0.1, 0.15) is 75.5 Å². The molecule has 7 heteroatoms. The van der Waals surface area contributed by atoms with Gasteiger partial charge in [-0.15, -0.1) is 0 Å². The van der Waals surface area contributed by atoms with Gasteiger partial charge in [-0.25, -0.2) is 4.79 Å². The first-order valence-electron chi connectivity index (χ1n) is 13.6. The van der Waals surface area contributed by atoms with Crippen LogP contribution in [0.15, 0.2) is 24.0 Å². The number of ether oxygens (including phenoxy) is 3. The maximum absolute atomic E-state index is 13.1. The topological polar surface area (TPSA) is 85.3 Å². The molecule has 37 heavy (non-hydrogen) atoms. The van der Waals surface area contributed by atoms with Crippen LogP contribution in [-0.4, -0.2) is 61.7 Å². The van der Waals surface area contributed by atoms with Crippen molar-refractivity contribution in [2.24, 2.45) is 5.92 Å². The first-order valence-corrected chi connectivity index (χ1v) is 13.6. The predicted molar refractivity (Wildman–Crippen MR) is 143 cm³/mol. The molecule has 1 aliphatic heterocycles. The lowest BCUT2D eigenvalue weighted by Gasteiger charge is -2.56. The molecule has 1 N–H and O–H groups in total. The number of unbranched alkanes of at least 4 members (excludes halogenated alkanes) is 2. The Morgan fingerprint density at radius 2 is 2.05 bits per heavy atom. The van der Waals surface area contributed by atoms with Crippen LogP contribution in [-0.2, 0) is 30.9 Å². The van der Waals surface area contributed by atoms with Gasteiger partial charge < -0.3 is 24.2 Å². The van der Waals surface area contributed by atoms with Crippen molar-refractivity contribution in [2.75, 3.05) is 27.8 Å². The third-order valence-corrected chi connectivity index (χ3v) is 8.64. The fourth-order valence-corrected chi connectivity index (χ4v) is 6.61. The highest BCUT2D eigenvalue weighted by Gasteiger charge is 2.57. The summed E-state index contributed by atoms with van der Waals surface area (Å²) in [6, 6.07) is 1.93. The van der Waals surface area contributed by atoms with Crippen LogP contribution in [0, 0.1) is 5.92 Å². The predicted octanol–water partition coefficient (Wildman–Crippen LogP) is 4.93. The number of nitrogens with zero attached hydrogens (tertiary/aromatic N) is 1. The van der Waals surface area contributed by atoms with E-state index in [1.165, 1.54) is 20.3 Å². The van der Waals surface area contributed by atoms with Crippen molar-refractivity contribution in [1.29, 1.82) is 0 Å². The first kappa shape index (κ1) is 27.2. The number of phenolic OH excluding ortho intramolecular Hbond substituents is 1. The third kappa shape index (κ3) is 5.02. The molecule has 4 atom stereocenters. The Kier molecular flexibility index (Phi) is 8.32. The van der Waals surface area contributed by atoms with E-state index in [9.17, 15) is 14.7 Å².